The molecule has 92 valence electrons. The fourth-order valence-corrected chi connectivity index (χ4v) is 2.10. The molecule has 1 heterocycles. The lowest BCUT2D eigenvalue weighted by atomic mass is 10.3. The van der Waals surface area contributed by atoms with E-state index >= 15 is 0 Å². The van der Waals surface area contributed by atoms with Gasteiger partial charge in [0, 0.05) is 29.9 Å². The minimum atomic E-state index is -0.0893. The van der Waals surface area contributed by atoms with Crippen molar-refractivity contribution in [3.63, 3.8) is 0 Å². The third kappa shape index (κ3) is 3.21. The van der Waals surface area contributed by atoms with Crippen LogP contribution < -0.4 is 11.1 Å². The average molecular weight is 260 g/mol. The Morgan fingerprint density at radius 2 is 1.89 bits per heavy atom. The molecule has 0 bridgehead atoms. The van der Waals surface area contributed by atoms with Gasteiger partial charge in [-0.05, 0) is 24.3 Å². The second kappa shape index (κ2) is 5.50. The van der Waals surface area contributed by atoms with Crippen LogP contribution in [0.4, 0.5) is 11.5 Å². The van der Waals surface area contributed by atoms with E-state index in [1.54, 1.807) is 12.4 Å². The Morgan fingerprint density at radius 3 is 2.50 bits per heavy atom. The molecule has 0 spiro atoms. The number of carbonyl (C=O) groups is 1. The molecule has 1 amide bonds. The number of aromatic nitrogens is 2. The van der Waals surface area contributed by atoms with E-state index in [4.69, 9.17) is 5.73 Å². The van der Waals surface area contributed by atoms with Crippen molar-refractivity contribution in [2.75, 3.05) is 11.1 Å². The number of amides is 1. The summed E-state index contributed by atoms with van der Waals surface area (Å²) in [5, 5.41) is 3.38. The highest BCUT2D eigenvalue weighted by Gasteiger charge is 2.04. The van der Waals surface area contributed by atoms with Crippen molar-refractivity contribution < 1.29 is 4.79 Å². The van der Waals surface area contributed by atoms with Crippen LogP contribution in [0.5, 0.6) is 0 Å². The van der Waals surface area contributed by atoms with Crippen molar-refractivity contribution in [1.29, 1.82) is 0 Å². The highest BCUT2D eigenvalue weighted by atomic mass is 32.2. The van der Waals surface area contributed by atoms with Crippen molar-refractivity contribution in [3.8, 4) is 0 Å². The topological polar surface area (TPSA) is 80.9 Å². The molecule has 0 atom stereocenters. The van der Waals surface area contributed by atoms with Gasteiger partial charge in [-0.15, -0.1) is 0 Å². The summed E-state index contributed by atoms with van der Waals surface area (Å²) >= 11 is 1.43. The minimum absolute atomic E-state index is 0.0893. The summed E-state index contributed by atoms with van der Waals surface area (Å²) in [5.74, 6) is 0.321. The number of nitrogens with one attached hydrogen (secondary N) is 1. The monoisotopic (exact) mass is 260 g/mol. The lowest BCUT2D eigenvalue weighted by molar-refractivity contribution is -0.114. The maximum atomic E-state index is 10.9. The largest absolute Gasteiger partial charge is 0.381 e. The van der Waals surface area contributed by atoms with Gasteiger partial charge in [0.2, 0.25) is 5.91 Å². The molecule has 0 saturated carbocycles. The normalized spacial score (nSPS) is 10.1. The summed E-state index contributed by atoms with van der Waals surface area (Å²) in [6, 6.07) is 7.45. The standard InChI is InChI=1S/C12H12N4OS/c1-8(17)16-9-2-4-10(5-3-9)18-12-11(13)14-6-7-15-12/h2-7H,1H3,(H2,13,14)(H,16,17). The quantitative estimate of drug-likeness (QED) is 0.884. The first kappa shape index (κ1) is 12.4. The molecule has 0 aliphatic rings. The summed E-state index contributed by atoms with van der Waals surface area (Å²) in [6.07, 6.45) is 3.16. The van der Waals surface area contributed by atoms with Crippen LogP contribution in [0.1, 0.15) is 6.92 Å². The number of carbonyl (C=O) groups excluding carboxylic acids is 1. The van der Waals surface area contributed by atoms with Crippen LogP contribution in [-0.4, -0.2) is 15.9 Å². The molecule has 0 unspecified atom stereocenters. The van der Waals surface area contributed by atoms with Crippen molar-refractivity contribution in [2.45, 2.75) is 16.8 Å². The van der Waals surface area contributed by atoms with Crippen LogP contribution >= 0.6 is 11.8 Å². The predicted octanol–water partition coefficient (Wildman–Crippen LogP) is 2.17. The molecule has 2 aromatic rings. The molecule has 1 aromatic heterocycles. The molecule has 5 nitrogen and oxygen atoms in total. The highest BCUT2D eigenvalue weighted by molar-refractivity contribution is 7.99. The number of rotatable bonds is 3. The number of hydrogen-bond acceptors (Lipinski definition) is 5. The zero-order valence-electron chi connectivity index (χ0n) is 9.75. The van der Waals surface area contributed by atoms with Gasteiger partial charge >= 0.3 is 0 Å². The molecule has 0 saturated heterocycles. The summed E-state index contributed by atoms with van der Waals surface area (Å²) in [6.45, 7) is 1.48. The van der Waals surface area contributed by atoms with Crippen molar-refractivity contribution in [1.82, 2.24) is 9.97 Å². The van der Waals surface area contributed by atoms with Crippen LogP contribution in [-0.2, 0) is 4.79 Å². The van der Waals surface area contributed by atoms with Gasteiger partial charge in [0.05, 0.1) is 0 Å². The van der Waals surface area contributed by atoms with Gasteiger partial charge in [-0.3, -0.25) is 4.79 Å². The van der Waals surface area contributed by atoms with Crippen molar-refractivity contribution in [2.24, 2.45) is 0 Å². The number of nitrogens with zero attached hydrogens (tertiary/aromatic N) is 2. The SMILES string of the molecule is CC(=O)Nc1ccc(Sc2nccnc2N)cc1. The predicted molar refractivity (Wildman–Crippen MR) is 71.3 cm³/mol. The molecule has 0 aliphatic carbocycles. The van der Waals surface area contributed by atoms with Gasteiger partial charge < -0.3 is 11.1 Å². The van der Waals surface area contributed by atoms with Crippen LogP contribution in [0.25, 0.3) is 0 Å². The Kier molecular flexibility index (Phi) is 3.78. The van der Waals surface area contributed by atoms with Crippen LogP contribution in [0.15, 0.2) is 46.6 Å². The van der Waals surface area contributed by atoms with E-state index in [1.165, 1.54) is 18.7 Å². The first-order valence-electron chi connectivity index (χ1n) is 5.27. The fourth-order valence-electron chi connectivity index (χ4n) is 1.34. The van der Waals surface area contributed by atoms with Gasteiger partial charge in [-0.25, -0.2) is 9.97 Å². The molecular weight excluding hydrogens is 248 g/mol. The minimum Gasteiger partial charge on any atom is -0.381 e. The lowest BCUT2D eigenvalue weighted by Crippen LogP contribution is -2.05. The number of anilines is 2. The molecule has 2 rings (SSSR count). The second-order valence-electron chi connectivity index (χ2n) is 3.55. The van der Waals surface area contributed by atoms with Gasteiger partial charge in [-0.2, -0.15) is 0 Å². The number of benzene rings is 1. The zero-order chi connectivity index (χ0) is 13.0. The van der Waals surface area contributed by atoms with Crippen molar-refractivity contribution in [3.05, 3.63) is 36.7 Å². The van der Waals surface area contributed by atoms with E-state index in [9.17, 15) is 4.79 Å². The smallest absolute Gasteiger partial charge is 0.221 e. The maximum Gasteiger partial charge on any atom is 0.221 e. The van der Waals surface area contributed by atoms with Crippen LogP contribution in [0, 0.1) is 0 Å². The Bertz CT molecular complexity index is 556. The van der Waals surface area contributed by atoms with Crippen molar-refractivity contribution >= 4 is 29.2 Å². The molecule has 0 fully saturated rings. The Balaban J connectivity index is 2.11. The number of nitrogen functional groups attached to an aromatic ring is 1. The van der Waals surface area contributed by atoms with E-state index in [0.29, 0.717) is 10.8 Å². The van der Waals surface area contributed by atoms with Gasteiger partial charge in [0.25, 0.3) is 0 Å². The Hall–Kier alpha value is -2.08. The number of hydrogen-bond donors (Lipinski definition) is 2. The first-order valence-corrected chi connectivity index (χ1v) is 6.09. The summed E-state index contributed by atoms with van der Waals surface area (Å²) in [5.41, 5.74) is 6.48. The molecule has 18 heavy (non-hydrogen) atoms. The average Bonchev–Trinajstić information content (AvgIpc) is 2.34. The van der Waals surface area contributed by atoms with E-state index in [2.05, 4.69) is 15.3 Å². The molecule has 6 heteroatoms. The van der Waals surface area contributed by atoms with Gasteiger partial charge in [-0.1, -0.05) is 11.8 Å². The van der Waals surface area contributed by atoms with E-state index < -0.39 is 0 Å². The Morgan fingerprint density at radius 1 is 1.22 bits per heavy atom. The summed E-state index contributed by atoms with van der Waals surface area (Å²) in [7, 11) is 0. The van der Waals surface area contributed by atoms with Gasteiger partial charge in [0.15, 0.2) is 5.82 Å². The van der Waals surface area contributed by atoms with Crippen LogP contribution in [0.3, 0.4) is 0 Å². The van der Waals surface area contributed by atoms with E-state index in [1.807, 2.05) is 24.3 Å². The summed E-state index contributed by atoms with van der Waals surface area (Å²) < 4.78 is 0. The highest BCUT2D eigenvalue weighted by Crippen LogP contribution is 2.29. The molecule has 0 radical (unpaired) electrons. The zero-order valence-corrected chi connectivity index (χ0v) is 10.6. The fraction of sp³-hybridized carbons (Fsp3) is 0.0833. The lowest BCUT2D eigenvalue weighted by Gasteiger charge is -2.05. The summed E-state index contributed by atoms with van der Waals surface area (Å²) in [4.78, 5) is 20.0. The van der Waals surface area contributed by atoms with Crippen LogP contribution in [0.2, 0.25) is 0 Å². The molecule has 3 N–H and O–H groups in total. The molecule has 1 aromatic carbocycles. The maximum absolute atomic E-state index is 10.9. The van der Waals surface area contributed by atoms with E-state index in [-0.39, 0.29) is 5.91 Å². The van der Waals surface area contributed by atoms with E-state index in [0.717, 1.165) is 10.6 Å². The number of nitrogens with two attached hydrogens (primary N) is 1. The first-order chi connectivity index (χ1) is 8.65. The van der Waals surface area contributed by atoms with Gasteiger partial charge in [0.1, 0.15) is 5.03 Å². The second-order valence-corrected chi connectivity index (χ2v) is 4.62. The third-order valence-electron chi connectivity index (χ3n) is 2.08. The Labute approximate surface area is 109 Å². The third-order valence-corrected chi connectivity index (χ3v) is 3.10. The molecule has 0 aliphatic heterocycles. The molecular formula is C12H12N4OS.